The molecule has 7 nitrogen and oxygen atoms in total. The van der Waals surface area contributed by atoms with E-state index in [-0.39, 0.29) is 11.2 Å². The van der Waals surface area contributed by atoms with E-state index >= 15 is 0 Å². The summed E-state index contributed by atoms with van der Waals surface area (Å²) in [6.07, 6.45) is 5.48. The van der Waals surface area contributed by atoms with Gasteiger partial charge in [-0.25, -0.2) is 9.78 Å². The van der Waals surface area contributed by atoms with Crippen molar-refractivity contribution in [3.63, 3.8) is 0 Å². The number of unbranched alkanes of at least 4 members (excludes halogenated alkanes) is 1. The van der Waals surface area contributed by atoms with Gasteiger partial charge in [0, 0.05) is 50.7 Å². The smallest absolute Gasteiger partial charge is 0.328 e. The Morgan fingerprint density at radius 1 is 1.08 bits per heavy atom. The van der Waals surface area contributed by atoms with E-state index in [0.717, 1.165) is 51.4 Å². The van der Waals surface area contributed by atoms with E-state index in [1.807, 2.05) is 12.3 Å². The highest BCUT2D eigenvalue weighted by molar-refractivity contribution is 5.41. The maximum absolute atomic E-state index is 11.8. The summed E-state index contributed by atoms with van der Waals surface area (Å²) >= 11 is 0. The van der Waals surface area contributed by atoms with E-state index in [4.69, 9.17) is 0 Å². The van der Waals surface area contributed by atoms with Crippen LogP contribution < -0.4 is 16.1 Å². The molecule has 1 aliphatic rings. The fourth-order valence-corrected chi connectivity index (χ4v) is 3.30. The Hall–Kier alpha value is -2.41. The van der Waals surface area contributed by atoms with Crippen LogP contribution in [0, 0.1) is 13.8 Å². The third kappa shape index (κ3) is 4.60. The van der Waals surface area contributed by atoms with Crippen LogP contribution in [0.15, 0.2) is 34.1 Å². The monoisotopic (exact) mass is 357 g/mol. The second kappa shape index (κ2) is 8.31. The molecule has 0 amide bonds. The Bertz CT molecular complexity index is 849. The molecule has 1 saturated heterocycles. The molecule has 2 aromatic heterocycles. The van der Waals surface area contributed by atoms with E-state index < -0.39 is 0 Å². The van der Waals surface area contributed by atoms with Gasteiger partial charge in [0.15, 0.2) is 0 Å². The average Bonchev–Trinajstić information content (AvgIpc) is 2.63. The summed E-state index contributed by atoms with van der Waals surface area (Å²) in [4.78, 5) is 34.8. The van der Waals surface area contributed by atoms with Crippen LogP contribution in [0.4, 0.5) is 5.82 Å². The number of aryl methyl sites for hydroxylation is 3. The van der Waals surface area contributed by atoms with Gasteiger partial charge in [0.05, 0.1) is 0 Å². The number of rotatable bonds is 6. The molecule has 0 aliphatic carbocycles. The number of pyridine rings is 1. The maximum Gasteiger partial charge on any atom is 0.328 e. The molecule has 3 heterocycles. The maximum atomic E-state index is 11.8. The minimum absolute atomic E-state index is 0.299. The van der Waals surface area contributed by atoms with Gasteiger partial charge in [-0.15, -0.1) is 0 Å². The van der Waals surface area contributed by atoms with Gasteiger partial charge in [0.25, 0.3) is 5.56 Å². The summed E-state index contributed by atoms with van der Waals surface area (Å²) in [6, 6.07) is 4.16. The van der Waals surface area contributed by atoms with Crippen LogP contribution in [0.3, 0.4) is 0 Å². The van der Waals surface area contributed by atoms with Crippen LogP contribution >= 0.6 is 0 Å². The number of hydrogen-bond donors (Lipinski definition) is 1. The molecule has 0 unspecified atom stereocenters. The summed E-state index contributed by atoms with van der Waals surface area (Å²) < 4.78 is 1.60. The van der Waals surface area contributed by atoms with Crippen LogP contribution in [-0.4, -0.2) is 52.2 Å². The van der Waals surface area contributed by atoms with Crippen LogP contribution in [0.5, 0.6) is 0 Å². The molecule has 0 radical (unpaired) electrons. The van der Waals surface area contributed by atoms with E-state index in [0.29, 0.717) is 12.1 Å². The number of aromatic nitrogens is 3. The normalized spacial score (nSPS) is 15.4. The predicted molar refractivity (Wildman–Crippen MR) is 103 cm³/mol. The number of H-pyrrole nitrogens is 1. The minimum Gasteiger partial charge on any atom is -0.354 e. The topological polar surface area (TPSA) is 74.2 Å². The molecule has 140 valence electrons. The molecule has 3 rings (SSSR count). The zero-order chi connectivity index (χ0) is 18.5. The lowest BCUT2D eigenvalue weighted by atomic mass is 10.2. The molecule has 0 saturated carbocycles. The van der Waals surface area contributed by atoms with Gasteiger partial charge in [0.2, 0.25) is 0 Å². The van der Waals surface area contributed by atoms with Crippen LogP contribution in [0.2, 0.25) is 0 Å². The molecule has 0 aromatic carbocycles. The number of nitrogens with zero attached hydrogens (tertiary/aromatic N) is 4. The first-order chi connectivity index (χ1) is 12.5. The van der Waals surface area contributed by atoms with Gasteiger partial charge in [-0.2, -0.15) is 0 Å². The third-order valence-electron chi connectivity index (χ3n) is 4.91. The highest BCUT2D eigenvalue weighted by Gasteiger charge is 2.17. The molecule has 1 N–H and O–H groups in total. The Labute approximate surface area is 153 Å². The Kier molecular flexibility index (Phi) is 5.88. The summed E-state index contributed by atoms with van der Waals surface area (Å²) in [5.74, 6) is 1.07. The number of anilines is 1. The lowest BCUT2D eigenvalue weighted by Crippen LogP contribution is -2.47. The van der Waals surface area contributed by atoms with Crippen molar-refractivity contribution in [2.75, 3.05) is 37.6 Å². The zero-order valence-corrected chi connectivity index (χ0v) is 15.6. The van der Waals surface area contributed by atoms with E-state index in [9.17, 15) is 9.59 Å². The van der Waals surface area contributed by atoms with Crippen molar-refractivity contribution in [2.45, 2.75) is 33.2 Å². The molecule has 0 atom stereocenters. The molecule has 0 bridgehead atoms. The van der Waals surface area contributed by atoms with Crippen molar-refractivity contribution >= 4 is 5.82 Å². The second-order valence-electron chi connectivity index (χ2n) is 6.99. The van der Waals surface area contributed by atoms with Crippen LogP contribution in [0.25, 0.3) is 0 Å². The highest BCUT2D eigenvalue weighted by Crippen LogP contribution is 2.14. The number of aromatic amines is 1. The van der Waals surface area contributed by atoms with Crippen LogP contribution in [0.1, 0.15) is 24.0 Å². The van der Waals surface area contributed by atoms with Crippen LogP contribution in [-0.2, 0) is 6.54 Å². The number of nitrogens with one attached hydrogen (secondary N) is 1. The van der Waals surface area contributed by atoms with Gasteiger partial charge in [-0.05, 0) is 50.9 Å². The molecular weight excluding hydrogens is 330 g/mol. The first kappa shape index (κ1) is 18.4. The largest absolute Gasteiger partial charge is 0.354 e. The predicted octanol–water partition coefficient (Wildman–Crippen LogP) is 1.15. The van der Waals surface area contributed by atoms with Crippen molar-refractivity contribution in [1.29, 1.82) is 0 Å². The lowest BCUT2D eigenvalue weighted by molar-refractivity contribution is 0.250. The zero-order valence-electron chi connectivity index (χ0n) is 15.6. The molecule has 2 aromatic rings. The lowest BCUT2D eigenvalue weighted by Gasteiger charge is -2.35. The third-order valence-corrected chi connectivity index (χ3v) is 4.91. The van der Waals surface area contributed by atoms with E-state index in [1.54, 1.807) is 17.7 Å². The van der Waals surface area contributed by atoms with E-state index in [1.165, 1.54) is 5.56 Å². The fraction of sp³-hybridized carbons (Fsp3) is 0.526. The first-order valence-corrected chi connectivity index (χ1v) is 9.23. The van der Waals surface area contributed by atoms with Crippen molar-refractivity contribution in [3.8, 4) is 0 Å². The standard InChI is InChI=1S/C19H27N5O2/c1-15-5-6-20-17(13-15)23-11-9-22(10-12-23)7-3-4-8-24-14-16(2)18(25)21-19(24)26/h5-6,13-14H,3-4,7-12H2,1-2H3,(H,21,25,26). The van der Waals surface area contributed by atoms with Crippen molar-refractivity contribution in [1.82, 2.24) is 19.4 Å². The minimum atomic E-state index is -0.320. The van der Waals surface area contributed by atoms with Crippen molar-refractivity contribution in [2.24, 2.45) is 0 Å². The van der Waals surface area contributed by atoms with Crippen molar-refractivity contribution in [3.05, 3.63) is 56.5 Å². The molecule has 0 spiro atoms. The number of piperazine rings is 1. The van der Waals surface area contributed by atoms with Gasteiger partial charge in [-0.1, -0.05) is 0 Å². The average molecular weight is 357 g/mol. The second-order valence-corrected chi connectivity index (χ2v) is 6.99. The summed E-state index contributed by atoms with van der Waals surface area (Å²) in [7, 11) is 0. The SMILES string of the molecule is Cc1ccnc(N2CCN(CCCCn3cc(C)c(=O)[nH]c3=O)CC2)c1. The van der Waals surface area contributed by atoms with Gasteiger partial charge in [-0.3, -0.25) is 14.7 Å². The molecule has 1 fully saturated rings. The first-order valence-electron chi connectivity index (χ1n) is 9.23. The Morgan fingerprint density at radius 2 is 1.81 bits per heavy atom. The highest BCUT2D eigenvalue weighted by atomic mass is 16.2. The summed E-state index contributed by atoms with van der Waals surface area (Å²) in [5, 5.41) is 0. The molecule has 7 heteroatoms. The molecular formula is C19H27N5O2. The van der Waals surface area contributed by atoms with Gasteiger partial charge < -0.3 is 9.47 Å². The molecule has 26 heavy (non-hydrogen) atoms. The van der Waals surface area contributed by atoms with E-state index in [2.05, 4.69) is 32.8 Å². The van der Waals surface area contributed by atoms with Gasteiger partial charge >= 0.3 is 5.69 Å². The number of hydrogen-bond acceptors (Lipinski definition) is 5. The Morgan fingerprint density at radius 3 is 2.54 bits per heavy atom. The fourth-order valence-electron chi connectivity index (χ4n) is 3.30. The summed E-state index contributed by atoms with van der Waals surface area (Å²) in [5.41, 5.74) is 1.20. The van der Waals surface area contributed by atoms with Gasteiger partial charge in [0.1, 0.15) is 5.82 Å². The van der Waals surface area contributed by atoms with Crippen molar-refractivity contribution < 1.29 is 0 Å². The quantitative estimate of drug-likeness (QED) is 0.785. The summed E-state index contributed by atoms with van der Waals surface area (Å²) in [6.45, 7) is 9.55. The molecule has 1 aliphatic heterocycles. The Balaban J connectivity index is 1.41.